The monoisotopic (exact) mass is 262 g/mol. The smallest absolute Gasteiger partial charge is 0.0589 e. The summed E-state index contributed by atoms with van der Waals surface area (Å²) >= 11 is 0. The van der Waals surface area contributed by atoms with E-state index in [2.05, 4.69) is 48.0 Å². The van der Waals surface area contributed by atoms with Crippen molar-refractivity contribution in [3.8, 4) is 0 Å². The predicted octanol–water partition coefficient (Wildman–Crippen LogP) is 2.54. The van der Waals surface area contributed by atoms with Crippen molar-refractivity contribution in [2.24, 2.45) is 0 Å². The van der Waals surface area contributed by atoms with E-state index < -0.39 is 0 Å². The highest BCUT2D eigenvalue weighted by Crippen LogP contribution is 2.22. The maximum absolute atomic E-state index is 5.15. The van der Waals surface area contributed by atoms with Gasteiger partial charge in [-0.25, -0.2) is 0 Å². The van der Waals surface area contributed by atoms with Gasteiger partial charge in [0.2, 0.25) is 0 Å². The van der Waals surface area contributed by atoms with E-state index in [-0.39, 0.29) is 0 Å². The molecule has 0 aliphatic carbocycles. The van der Waals surface area contributed by atoms with E-state index in [0.29, 0.717) is 6.04 Å². The van der Waals surface area contributed by atoms with Crippen LogP contribution in [-0.4, -0.2) is 51.3 Å². The molecule has 1 aromatic rings. The van der Waals surface area contributed by atoms with Crippen molar-refractivity contribution in [1.82, 2.24) is 4.90 Å². The third-order valence-electron chi connectivity index (χ3n) is 4.14. The highest BCUT2D eigenvalue weighted by atomic mass is 16.5. The van der Waals surface area contributed by atoms with Crippen LogP contribution in [0.1, 0.15) is 18.4 Å². The summed E-state index contributed by atoms with van der Waals surface area (Å²) in [5, 5.41) is 0. The number of aryl methyl sites for hydroxylation is 1. The first-order valence-corrected chi connectivity index (χ1v) is 7.21. The molecule has 2 rings (SSSR count). The van der Waals surface area contributed by atoms with E-state index in [4.69, 9.17) is 4.74 Å². The van der Waals surface area contributed by atoms with Gasteiger partial charge >= 0.3 is 0 Å². The Bertz CT molecular complexity index is 369. The van der Waals surface area contributed by atoms with Crippen molar-refractivity contribution in [2.75, 3.05) is 45.3 Å². The van der Waals surface area contributed by atoms with E-state index in [1.165, 1.54) is 24.1 Å². The first-order valence-electron chi connectivity index (χ1n) is 7.21. The molecule has 0 spiro atoms. The molecular formula is C16H26N2O. The average molecular weight is 262 g/mol. The molecule has 1 aliphatic rings. The summed E-state index contributed by atoms with van der Waals surface area (Å²) in [5.74, 6) is 0. The quantitative estimate of drug-likeness (QED) is 0.811. The molecule has 0 atom stereocenters. The van der Waals surface area contributed by atoms with Crippen LogP contribution in [0.3, 0.4) is 0 Å². The fourth-order valence-corrected chi connectivity index (χ4v) is 2.74. The number of piperidine rings is 1. The summed E-state index contributed by atoms with van der Waals surface area (Å²) in [6.45, 7) is 6.32. The molecule has 106 valence electrons. The zero-order valence-corrected chi connectivity index (χ0v) is 12.4. The molecule has 0 unspecified atom stereocenters. The molecule has 0 radical (unpaired) electrons. The molecule has 1 fully saturated rings. The van der Waals surface area contributed by atoms with E-state index in [9.17, 15) is 0 Å². The molecule has 0 amide bonds. The molecule has 0 aromatic heterocycles. The fourth-order valence-electron chi connectivity index (χ4n) is 2.74. The van der Waals surface area contributed by atoms with Crippen LogP contribution < -0.4 is 4.90 Å². The number of ether oxygens (including phenoxy) is 1. The van der Waals surface area contributed by atoms with Crippen LogP contribution in [0.25, 0.3) is 0 Å². The number of anilines is 1. The molecule has 0 bridgehead atoms. The first-order chi connectivity index (χ1) is 9.20. The van der Waals surface area contributed by atoms with Gasteiger partial charge in [0.1, 0.15) is 0 Å². The maximum atomic E-state index is 5.15. The minimum Gasteiger partial charge on any atom is -0.383 e. The van der Waals surface area contributed by atoms with Crippen LogP contribution in [0, 0.1) is 6.92 Å². The number of nitrogens with zero attached hydrogens (tertiary/aromatic N) is 2. The van der Waals surface area contributed by atoms with Gasteiger partial charge in [0, 0.05) is 38.5 Å². The first kappa shape index (κ1) is 14.4. The molecule has 3 nitrogen and oxygen atoms in total. The van der Waals surface area contributed by atoms with Gasteiger partial charge in [-0.05, 0) is 38.9 Å². The summed E-state index contributed by atoms with van der Waals surface area (Å²) in [6, 6.07) is 9.59. The van der Waals surface area contributed by atoms with E-state index in [1.807, 2.05) is 0 Å². The molecule has 19 heavy (non-hydrogen) atoms. The second-order valence-electron chi connectivity index (χ2n) is 5.53. The van der Waals surface area contributed by atoms with E-state index in [0.717, 1.165) is 26.2 Å². The minimum atomic E-state index is 0.705. The predicted molar refractivity (Wildman–Crippen MR) is 80.9 cm³/mol. The van der Waals surface area contributed by atoms with Gasteiger partial charge in [-0.3, -0.25) is 0 Å². The van der Waals surface area contributed by atoms with Crippen LogP contribution >= 0.6 is 0 Å². The second kappa shape index (κ2) is 6.92. The summed E-state index contributed by atoms with van der Waals surface area (Å²) in [6.07, 6.45) is 2.49. The Kier molecular flexibility index (Phi) is 5.23. The Labute approximate surface area is 117 Å². The molecule has 1 saturated heterocycles. The lowest BCUT2D eigenvalue weighted by Gasteiger charge is -2.37. The van der Waals surface area contributed by atoms with Crippen molar-refractivity contribution < 1.29 is 4.74 Å². The third-order valence-corrected chi connectivity index (χ3v) is 4.14. The summed E-state index contributed by atoms with van der Waals surface area (Å²) < 4.78 is 5.15. The van der Waals surface area contributed by atoms with Crippen LogP contribution in [0.15, 0.2) is 24.3 Å². The number of rotatable bonds is 5. The van der Waals surface area contributed by atoms with Gasteiger partial charge in [-0.15, -0.1) is 0 Å². The van der Waals surface area contributed by atoms with Gasteiger partial charge in [-0.1, -0.05) is 17.7 Å². The minimum absolute atomic E-state index is 0.705. The van der Waals surface area contributed by atoms with Crippen LogP contribution in [0.5, 0.6) is 0 Å². The Morgan fingerprint density at radius 2 is 1.84 bits per heavy atom. The Morgan fingerprint density at radius 3 is 2.42 bits per heavy atom. The van der Waals surface area contributed by atoms with Gasteiger partial charge in [0.15, 0.2) is 0 Å². The zero-order chi connectivity index (χ0) is 13.7. The SMILES string of the molecule is COCCN(C)C1CCN(c2ccc(C)cc2)CC1. The molecule has 0 N–H and O–H groups in total. The summed E-state index contributed by atoms with van der Waals surface area (Å²) in [5.41, 5.74) is 2.70. The van der Waals surface area contributed by atoms with E-state index in [1.54, 1.807) is 7.11 Å². The maximum Gasteiger partial charge on any atom is 0.0589 e. The van der Waals surface area contributed by atoms with Gasteiger partial charge in [0.25, 0.3) is 0 Å². The lowest BCUT2D eigenvalue weighted by atomic mass is 10.0. The Balaban J connectivity index is 1.83. The summed E-state index contributed by atoms with van der Waals surface area (Å²) in [4.78, 5) is 4.94. The molecule has 1 aliphatic heterocycles. The van der Waals surface area contributed by atoms with Crippen molar-refractivity contribution in [3.05, 3.63) is 29.8 Å². The Morgan fingerprint density at radius 1 is 1.21 bits per heavy atom. The molecule has 3 heteroatoms. The Hall–Kier alpha value is -1.06. The highest BCUT2D eigenvalue weighted by molar-refractivity contribution is 5.47. The summed E-state index contributed by atoms with van der Waals surface area (Å²) in [7, 11) is 3.99. The number of hydrogen-bond donors (Lipinski definition) is 0. The van der Waals surface area contributed by atoms with Gasteiger partial charge in [-0.2, -0.15) is 0 Å². The number of benzene rings is 1. The topological polar surface area (TPSA) is 15.7 Å². The number of hydrogen-bond acceptors (Lipinski definition) is 3. The normalized spacial score (nSPS) is 17.2. The van der Waals surface area contributed by atoms with Crippen LogP contribution in [0.4, 0.5) is 5.69 Å². The van der Waals surface area contributed by atoms with Crippen LogP contribution in [0.2, 0.25) is 0 Å². The number of likely N-dealkylation sites (N-methyl/N-ethyl adjacent to an activating group) is 1. The third kappa shape index (κ3) is 3.95. The van der Waals surface area contributed by atoms with Crippen molar-refractivity contribution >= 4 is 5.69 Å². The largest absolute Gasteiger partial charge is 0.383 e. The second-order valence-corrected chi connectivity index (χ2v) is 5.53. The highest BCUT2D eigenvalue weighted by Gasteiger charge is 2.22. The van der Waals surface area contributed by atoms with Crippen molar-refractivity contribution in [3.63, 3.8) is 0 Å². The molecule has 0 saturated carbocycles. The van der Waals surface area contributed by atoms with Crippen LogP contribution in [-0.2, 0) is 4.74 Å². The molecule has 1 aromatic carbocycles. The lowest BCUT2D eigenvalue weighted by molar-refractivity contribution is 0.128. The van der Waals surface area contributed by atoms with Crippen molar-refractivity contribution in [1.29, 1.82) is 0 Å². The standard InChI is InChI=1S/C16H26N2O/c1-14-4-6-16(7-5-14)18-10-8-15(9-11-18)17(2)12-13-19-3/h4-7,15H,8-13H2,1-3H3. The van der Waals surface area contributed by atoms with E-state index >= 15 is 0 Å². The average Bonchev–Trinajstić information content (AvgIpc) is 2.46. The molecular weight excluding hydrogens is 236 g/mol. The zero-order valence-electron chi connectivity index (χ0n) is 12.4. The van der Waals surface area contributed by atoms with Gasteiger partial charge < -0.3 is 14.5 Å². The number of methoxy groups -OCH3 is 1. The van der Waals surface area contributed by atoms with Crippen molar-refractivity contribution in [2.45, 2.75) is 25.8 Å². The molecule has 1 heterocycles. The lowest BCUT2D eigenvalue weighted by Crippen LogP contribution is -2.44. The van der Waals surface area contributed by atoms with Gasteiger partial charge in [0.05, 0.1) is 6.61 Å². The fraction of sp³-hybridized carbons (Fsp3) is 0.625.